The first-order valence-electron chi connectivity index (χ1n) is 9.14. The van der Waals surface area contributed by atoms with Gasteiger partial charge in [0.15, 0.2) is 0 Å². The molecule has 144 valence electrons. The third kappa shape index (κ3) is 3.83. The molecule has 0 bridgehead atoms. The van der Waals surface area contributed by atoms with Crippen LogP contribution in [0.5, 0.6) is 5.75 Å². The van der Waals surface area contributed by atoms with E-state index in [-0.39, 0.29) is 23.2 Å². The number of nitrogens with zero attached hydrogens (tertiary/aromatic N) is 1. The second kappa shape index (κ2) is 6.84. The van der Waals surface area contributed by atoms with Crippen LogP contribution in [0, 0.1) is 5.41 Å². The molecule has 0 radical (unpaired) electrons. The maximum absolute atomic E-state index is 12.7. The zero-order valence-corrected chi connectivity index (χ0v) is 17.3. The minimum absolute atomic E-state index is 0.0769. The van der Waals surface area contributed by atoms with E-state index in [0.29, 0.717) is 17.0 Å². The molecule has 1 fully saturated rings. The van der Waals surface area contributed by atoms with Gasteiger partial charge in [0.05, 0.1) is 11.7 Å². The van der Waals surface area contributed by atoms with Crippen molar-refractivity contribution >= 4 is 17.5 Å². The summed E-state index contributed by atoms with van der Waals surface area (Å²) >= 11 is 6.11. The second-order valence-corrected chi connectivity index (χ2v) is 9.11. The summed E-state index contributed by atoms with van der Waals surface area (Å²) < 4.78 is 0. The largest absolute Gasteiger partial charge is 0.507 e. The number of amides is 1. The third-order valence-electron chi connectivity index (χ3n) is 5.33. The fraction of sp³-hybridized carbons (Fsp3) is 0.409. The summed E-state index contributed by atoms with van der Waals surface area (Å²) in [5, 5.41) is 14.5. The monoisotopic (exact) mass is 386 g/mol. The van der Waals surface area contributed by atoms with Crippen LogP contribution < -0.4 is 5.32 Å². The number of hydrogen-bond donors (Lipinski definition) is 2. The number of carbonyl (C=O) groups excluding carboxylic acids is 1. The molecule has 1 aliphatic heterocycles. The molecule has 0 aromatic heterocycles. The van der Waals surface area contributed by atoms with Crippen LogP contribution in [0.1, 0.15) is 39.7 Å². The van der Waals surface area contributed by atoms with E-state index in [1.165, 1.54) is 0 Å². The van der Waals surface area contributed by atoms with Gasteiger partial charge in [0.2, 0.25) is 5.91 Å². The Kier molecular flexibility index (Phi) is 5.00. The van der Waals surface area contributed by atoms with Crippen LogP contribution in [0.15, 0.2) is 42.5 Å². The Balaban J connectivity index is 2.03. The van der Waals surface area contributed by atoms with Gasteiger partial charge in [0, 0.05) is 24.1 Å². The lowest BCUT2D eigenvalue weighted by Gasteiger charge is -2.49. The number of carbonyl (C=O) groups is 1. The molecule has 27 heavy (non-hydrogen) atoms. The van der Waals surface area contributed by atoms with Crippen molar-refractivity contribution in [2.24, 2.45) is 5.41 Å². The normalized spacial score (nSPS) is 23.6. The van der Waals surface area contributed by atoms with Crippen LogP contribution in [-0.4, -0.2) is 29.1 Å². The van der Waals surface area contributed by atoms with Crippen molar-refractivity contribution in [1.29, 1.82) is 0 Å². The lowest BCUT2D eigenvalue weighted by molar-refractivity contribution is -0.143. The highest BCUT2D eigenvalue weighted by molar-refractivity contribution is 6.31. The summed E-state index contributed by atoms with van der Waals surface area (Å²) in [6.45, 7) is 8.44. The summed E-state index contributed by atoms with van der Waals surface area (Å²) in [7, 11) is 1.85. The molecule has 0 aliphatic carbocycles. The highest BCUT2D eigenvalue weighted by Gasteiger charge is 2.44. The third-order valence-corrected chi connectivity index (χ3v) is 5.57. The van der Waals surface area contributed by atoms with Crippen LogP contribution in [0.2, 0.25) is 5.02 Å². The van der Waals surface area contributed by atoms with Gasteiger partial charge in [0.25, 0.3) is 0 Å². The predicted molar refractivity (Wildman–Crippen MR) is 110 cm³/mol. The van der Waals surface area contributed by atoms with Crippen molar-refractivity contribution in [2.75, 3.05) is 7.05 Å². The first kappa shape index (κ1) is 19.7. The van der Waals surface area contributed by atoms with E-state index in [1.807, 2.05) is 31.3 Å². The molecule has 5 heteroatoms. The fourth-order valence-electron chi connectivity index (χ4n) is 3.77. The maximum Gasteiger partial charge on any atom is 0.225 e. The van der Waals surface area contributed by atoms with Gasteiger partial charge >= 0.3 is 0 Å². The van der Waals surface area contributed by atoms with Crippen LogP contribution in [0.3, 0.4) is 0 Å². The average Bonchev–Trinajstić information content (AvgIpc) is 2.59. The molecule has 0 saturated carbocycles. The van der Waals surface area contributed by atoms with Gasteiger partial charge in [-0.25, -0.2) is 0 Å². The quantitative estimate of drug-likeness (QED) is 0.782. The van der Waals surface area contributed by atoms with Gasteiger partial charge < -0.3 is 10.0 Å². The van der Waals surface area contributed by atoms with E-state index >= 15 is 0 Å². The SMILES string of the molecule is CN1C(=O)CC(C)(c2cccc(-c3cc(Cl)ccc3O)c2)N[C@@H]1C(C)(C)C. The molecule has 1 amide bonds. The van der Waals surface area contributed by atoms with E-state index in [2.05, 4.69) is 33.0 Å². The summed E-state index contributed by atoms with van der Waals surface area (Å²) in [5.74, 6) is 0.300. The summed E-state index contributed by atoms with van der Waals surface area (Å²) in [4.78, 5) is 14.5. The van der Waals surface area contributed by atoms with Gasteiger partial charge in [0.1, 0.15) is 5.75 Å². The number of hydrogen-bond acceptors (Lipinski definition) is 3. The minimum Gasteiger partial charge on any atom is -0.507 e. The first-order chi connectivity index (χ1) is 12.5. The molecule has 1 aliphatic rings. The molecule has 0 spiro atoms. The van der Waals surface area contributed by atoms with Crippen molar-refractivity contribution < 1.29 is 9.90 Å². The molecular formula is C22H27ClN2O2. The molecule has 2 N–H and O–H groups in total. The number of nitrogens with one attached hydrogen (secondary N) is 1. The number of rotatable bonds is 2. The maximum atomic E-state index is 12.7. The molecule has 3 rings (SSSR count). The molecule has 2 atom stereocenters. The molecule has 4 nitrogen and oxygen atoms in total. The number of aromatic hydroxyl groups is 1. The number of halogens is 1. The number of benzene rings is 2. The van der Waals surface area contributed by atoms with E-state index in [0.717, 1.165) is 11.1 Å². The number of phenolic OH excluding ortho intramolecular Hbond substituents is 1. The zero-order valence-electron chi connectivity index (χ0n) is 16.5. The van der Waals surface area contributed by atoms with Crippen molar-refractivity contribution in [2.45, 2.75) is 45.8 Å². The van der Waals surface area contributed by atoms with E-state index in [1.54, 1.807) is 23.1 Å². The molecule has 2 aromatic rings. The van der Waals surface area contributed by atoms with Crippen LogP contribution in [0.4, 0.5) is 0 Å². The average molecular weight is 387 g/mol. The topological polar surface area (TPSA) is 52.6 Å². The molecule has 1 heterocycles. The highest BCUT2D eigenvalue weighted by Crippen LogP contribution is 2.38. The van der Waals surface area contributed by atoms with Crippen LogP contribution in [0.25, 0.3) is 11.1 Å². The van der Waals surface area contributed by atoms with Crippen molar-refractivity contribution in [1.82, 2.24) is 10.2 Å². The van der Waals surface area contributed by atoms with Gasteiger partial charge in [-0.2, -0.15) is 0 Å². The van der Waals surface area contributed by atoms with Gasteiger partial charge in [-0.1, -0.05) is 50.6 Å². The van der Waals surface area contributed by atoms with E-state index in [4.69, 9.17) is 11.6 Å². The van der Waals surface area contributed by atoms with Crippen molar-refractivity contribution in [3.8, 4) is 16.9 Å². The second-order valence-electron chi connectivity index (χ2n) is 8.67. The van der Waals surface area contributed by atoms with Crippen LogP contribution in [-0.2, 0) is 10.3 Å². The lowest BCUT2D eigenvalue weighted by Crippen LogP contribution is -2.65. The molecule has 1 unspecified atom stereocenters. The Morgan fingerprint density at radius 1 is 1.22 bits per heavy atom. The number of phenols is 1. The van der Waals surface area contributed by atoms with Crippen molar-refractivity contribution in [3.05, 3.63) is 53.1 Å². The van der Waals surface area contributed by atoms with Gasteiger partial charge in [-0.3, -0.25) is 10.1 Å². The molecule has 2 aromatic carbocycles. The molecular weight excluding hydrogens is 360 g/mol. The Morgan fingerprint density at radius 2 is 1.93 bits per heavy atom. The summed E-state index contributed by atoms with van der Waals surface area (Å²) in [6, 6.07) is 13.0. The van der Waals surface area contributed by atoms with Crippen LogP contribution >= 0.6 is 11.6 Å². The lowest BCUT2D eigenvalue weighted by atomic mass is 9.80. The molecule has 1 saturated heterocycles. The Bertz CT molecular complexity index is 875. The van der Waals surface area contributed by atoms with Crippen molar-refractivity contribution in [3.63, 3.8) is 0 Å². The van der Waals surface area contributed by atoms with E-state index < -0.39 is 5.54 Å². The zero-order chi connectivity index (χ0) is 20.0. The fourth-order valence-corrected chi connectivity index (χ4v) is 3.95. The summed E-state index contributed by atoms with van der Waals surface area (Å²) in [6.07, 6.45) is 0.299. The highest BCUT2D eigenvalue weighted by atomic mass is 35.5. The minimum atomic E-state index is -0.494. The first-order valence-corrected chi connectivity index (χ1v) is 9.52. The Morgan fingerprint density at radius 3 is 2.59 bits per heavy atom. The van der Waals surface area contributed by atoms with E-state index in [9.17, 15) is 9.90 Å². The smallest absolute Gasteiger partial charge is 0.225 e. The standard InChI is InChI=1S/C22H27ClN2O2/c1-21(2,3)20-24-22(4,13-19(27)25(20)5)15-8-6-7-14(11-15)17-12-16(23)9-10-18(17)26/h6-12,20,24,26H,13H2,1-5H3/t20-,22?/m0/s1. The predicted octanol–water partition coefficient (Wildman–Crippen LogP) is 4.75. The Labute approximate surface area is 166 Å². The van der Waals surface area contributed by atoms with Gasteiger partial charge in [-0.15, -0.1) is 0 Å². The Hall–Kier alpha value is -2.04. The summed E-state index contributed by atoms with van der Waals surface area (Å²) in [5.41, 5.74) is 1.96. The van der Waals surface area contributed by atoms with Gasteiger partial charge in [-0.05, 0) is 47.7 Å².